The molecule has 0 fully saturated rings. The number of carbonyl (C=O) groups is 1. The number of nitrogens with one attached hydrogen (secondary N) is 2. The summed E-state index contributed by atoms with van der Waals surface area (Å²) in [6, 6.07) is 18.6. The molecule has 2 N–H and O–H groups in total. The number of rotatable bonds is 8. The molecule has 0 unspecified atom stereocenters. The van der Waals surface area contributed by atoms with Crippen molar-refractivity contribution in [3.8, 4) is 5.75 Å². The van der Waals surface area contributed by atoms with Crippen LogP contribution in [-0.4, -0.2) is 20.9 Å². The average Bonchev–Trinajstić information content (AvgIpc) is 2.75. The van der Waals surface area contributed by atoms with Gasteiger partial charge in [0.25, 0.3) is 15.9 Å². The fourth-order valence-corrected chi connectivity index (χ4v) is 4.28. The van der Waals surface area contributed by atoms with Crippen LogP contribution in [0, 0.1) is 19.8 Å². The Labute approximate surface area is 189 Å². The molecule has 0 spiro atoms. The first-order chi connectivity index (χ1) is 15.2. The highest BCUT2D eigenvalue weighted by Gasteiger charge is 2.17. The summed E-state index contributed by atoms with van der Waals surface area (Å²) in [6.45, 7) is 8.38. The van der Waals surface area contributed by atoms with E-state index in [1.165, 1.54) is 12.1 Å². The van der Waals surface area contributed by atoms with Crippen molar-refractivity contribution in [2.45, 2.75) is 32.6 Å². The van der Waals surface area contributed by atoms with Crippen LogP contribution >= 0.6 is 0 Å². The smallest absolute Gasteiger partial charge is 0.261 e. The standard InChI is InChI=1S/C25H28N2O4S/c1-17(2)16-31-22-10-6-9-20(15-22)25(28)26-21-11-13-23(14-12-21)32(29,30)27-24-18(3)7-5-8-19(24)4/h5-15,17,27H,16H2,1-4H3,(H,26,28). The second kappa shape index (κ2) is 9.87. The molecule has 0 bridgehead atoms. The number of para-hydroxylation sites is 1. The van der Waals surface area contributed by atoms with Gasteiger partial charge in [0.2, 0.25) is 0 Å². The molecule has 0 saturated heterocycles. The number of carbonyl (C=O) groups excluding carboxylic acids is 1. The van der Waals surface area contributed by atoms with Crippen LogP contribution in [0.25, 0.3) is 0 Å². The van der Waals surface area contributed by atoms with Crippen molar-refractivity contribution >= 4 is 27.3 Å². The molecule has 0 aliphatic heterocycles. The normalized spacial score (nSPS) is 11.3. The van der Waals surface area contributed by atoms with Crippen molar-refractivity contribution in [1.82, 2.24) is 0 Å². The van der Waals surface area contributed by atoms with Gasteiger partial charge >= 0.3 is 0 Å². The number of hydrogen-bond donors (Lipinski definition) is 2. The molecule has 0 saturated carbocycles. The fraction of sp³-hybridized carbons (Fsp3) is 0.240. The minimum atomic E-state index is -3.75. The van der Waals surface area contributed by atoms with E-state index >= 15 is 0 Å². The van der Waals surface area contributed by atoms with Crippen molar-refractivity contribution in [2.75, 3.05) is 16.6 Å². The Kier molecular flexibility index (Phi) is 7.20. The highest BCUT2D eigenvalue weighted by molar-refractivity contribution is 7.92. The Hall–Kier alpha value is -3.32. The average molecular weight is 453 g/mol. The van der Waals surface area contributed by atoms with Gasteiger partial charge in [-0.25, -0.2) is 8.42 Å². The van der Waals surface area contributed by atoms with Gasteiger partial charge < -0.3 is 10.1 Å². The summed E-state index contributed by atoms with van der Waals surface area (Å²) in [5, 5.41) is 2.79. The van der Waals surface area contributed by atoms with Gasteiger partial charge in [0.1, 0.15) is 5.75 Å². The lowest BCUT2D eigenvalue weighted by atomic mass is 10.1. The molecule has 32 heavy (non-hydrogen) atoms. The third-order valence-electron chi connectivity index (χ3n) is 4.82. The molecular formula is C25H28N2O4S. The van der Waals surface area contributed by atoms with Crippen LogP contribution in [0.2, 0.25) is 0 Å². The van der Waals surface area contributed by atoms with E-state index in [0.29, 0.717) is 35.2 Å². The van der Waals surface area contributed by atoms with Gasteiger partial charge in [-0.3, -0.25) is 9.52 Å². The van der Waals surface area contributed by atoms with Crippen molar-refractivity contribution in [2.24, 2.45) is 5.92 Å². The minimum absolute atomic E-state index is 0.113. The van der Waals surface area contributed by atoms with Crippen molar-refractivity contribution in [3.05, 3.63) is 83.4 Å². The second-order valence-corrected chi connectivity index (χ2v) is 9.77. The van der Waals surface area contributed by atoms with E-state index in [1.807, 2.05) is 38.1 Å². The maximum Gasteiger partial charge on any atom is 0.261 e. The molecule has 0 atom stereocenters. The molecule has 0 aliphatic rings. The summed E-state index contributed by atoms with van der Waals surface area (Å²) in [6.07, 6.45) is 0. The molecule has 3 aromatic rings. The molecule has 0 aliphatic carbocycles. The fourth-order valence-electron chi connectivity index (χ4n) is 3.08. The molecule has 6 nitrogen and oxygen atoms in total. The maximum atomic E-state index is 12.8. The summed E-state index contributed by atoms with van der Waals surface area (Å²) in [7, 11) is -3.75. The van der Waals surface area contributed by atoms with Crippen LogP contribution in [0.5, 0.6) is 5.75 Å². The first-order valence-electron chi connectivity index (χ1n) is 10.4. The second-order valence-electron chi connectivity index (χ2n) is 8.08. The molecular weight excluding hydrogens is 424 g/mol. The van der Waals surface area contributed by atoms with E-state index in [-0.39, 0.29) is 10.8 Å². The van der Waals surface area contributed by atoms with Crippen LogP contribution in [0.3, 0.4) is 0 Å². The number of benzene rings is 3. The maximum absolute atomic E-state index is 12.8. The summed E-state index contributed by atoms with van der Waals surface area (Å²) < 4.78 is 33.9. The Morgan fingerprint density at radius 3 is 2.19 bits per heavy atom. The lowest BCUT2D eigenvalue weighted by molar-refractivity contribution is 0.102. The van der Waals surface area contributed by atoms with Crippen molar-refractivity contribution in [1.29, 1.82) is 0 Å². The van der Waals surface area contributed by atoms with E-state index in [4.69, 9.17) is 4.74 Å². The number of amides is 1. The summed E-state index contributed by atoms with van der Waals surface area (Å²) in [5.74, 6) is 0.709. The number of hydrogen-bond acceptors (Lipinski definition) is 4. The third-order valence-corrected chi connectivity index (χ3v) is 6.19. The zero-order valence-corrected chi connectivity index (χ0v) is 19.5. The predicted octanol–water partition coefficient (Wildman–Crippen LogP) is 5.39. The Morgan fingerprint density at radius 2 is 1.56 bits per heavy atom. The van der Waals surface area contributed by atoms with Gasteiger partial charge in [-0.15, -0.1) is 0 Å². The third kappa shape index (κ3) is 5.88. The van der Waals surface area contributed by atoms with Crippen molar-refractivity contribution < 1.29 is 17.9 Å². The molecule has 0 radical (unpaired) electrons. The SMILES string of the molecule is Cc1cccc(C)c1NS(=O)(=O)c1ccc(NC(=O)c2cccc(OCC(C)C)c2)cc1. The van der Waals surface area contributed by atoms with Crippen LogP contribution in [0.4, 0.5) is 11.4 Å². The molecule has 0 heterocycles. The van der Waals surface area contributed by atoms with Crippen LogP contribution in [0.1, 0.15) is 35.3 Å². The van der Waals surface area contributed by atoms with Crippen LogP contribution in [0.15, 0.2) is 71.6 Å². The number of sulfonamides is 1. The monoisotopic (exact) mass is 452 g/mol. The summed E-state index contributed by atoms with van der Waals surface area (Å²) >= 11 is 0. The highest BCUT2D eigenvalue weighted by atomic mass is 32.2. The highest BCUT2D eigenvalue weighted by Crippen LogP contribution is 2.24. The van der Waals surface area contributed by atoms with Gasteiger partial charge in [-0.1, -0.05) is 38.1 Å². The molecule has 168 valence electrons. The lowest BCUT2D eigenvalue weighted by Gasteiger charge is -2.14. The predicted molar refractivity (Wildman–Crippen MR) is 128 cm³/mol. The Morgan fingerprint density at radius 1 is 0.938 bits per heavy atom. The molecule has 1 amide bonds. The van der Waals surface area contributed by atoms with E-state index in [2.05, 4.69) is 23.9 Å². The van der Waals surface area contributed by atoms with E-state index < -0.39 is 10.0 Å². The zero-order chi connectivity index (χ0) is 23.3. The first-order valence-corrected chi connectivity index (χ1v) is 11.9. The van der Waals surface area contributed by atoms with E-state index in [0.717, 1.165) is 11.1 Å². The van der Waals surface area contributed by atoms with Gasteiger partial charge in [-0.05, 0) is 73.4 Å². The van der Waals surface area contributed by atoms with Gasteiger partial charge in [-0.2, -0.15) is 0 Å². The van der Waals surface area contributed by atoms with Gasteiger partial charge in [0.05, 0.1) is 17.2 Å². The minimum Gasteiger partial charge on any atom is -0.493 e. The zero-order valence-electron chi connectivity index (χ0n) is 18.7. The number of aryl methyl sites for hydroxylation is 2. The Bertz CT molecular complexity index is 1180. The Balaban J connectivity index is 1.70. The van der Waals surface area contributed by atoms with E-state index in [9.17, 15) is 13.2 Å². The molecule has 3 rings (SSSR count). The quantitative estimate of drug-likeness (QED) is 0.480. The lowest BCUT2D eigenvalue weighted by Crippen LogP contribution is -2.15. The molecule has 7 heteroatoms. The number of anilines is 2. The van der Waals surface area contributed by atoms with Gasteiger partial charge in [0.15, 0.2) is 0 Å². The number of ether oxygens (including phenoxy) is 1. The van der Waals surface area contributed by atoms with Crippen LogP contribution < -0.4 is 14.8 Å². The molecule has 0 aromatic heterocycles. The molecule has 3 aromatic carbocycles. The topological polar surface area (TPSA) is 84.5 Å². The van der Waals surface area contributed by atoms with Crippen molar-refractivity contribution in [3.63, 3.8) is 0 Å². The first kappa shape index (κ1) is 23.3. The summed E-state index contributed by atoms with van der Waals surface area (Å²) in [4.78, 5) is 12.7. The van der Waals surface area contributed by atoms with Crippen LogP contribution in [-0.2, 0) is 10.0 Å². The largest absolute Gasteiger partial charge is 0.493 e. The van der Waals surface area contributed by atoms with E-state index in [1.54, 1.807) is 30.3 Å². The van der Waals surface area contributed by atoms with Gasteiger partial charge in [0, 0.05) is 11.3 Å². The summed E-state index contributed by atoms with van der Waals surface area (Å²) in [5.41, 5.74) is 3.22.